The zero-order chi connectivity index (χ0) is 9.80. The molecule has 2 aromatic heterocycles. The van der Waals surface area contributed by atoms with Crippen molar-refractivity contribution < 1.29 is 4.52 Å². The second kappa shape index (κ2) is 4.01. The maximum absolute atomic E-state index is 4.61. The molecule has 2 rings (SSSR count). The quantitative estimate of drug-likeness (QED) is 0.745. The van der Waals surface area contributed by atoms with E-state index in [1.807, 2.05) is 17.8 Å². The summed E-state index contributed by atoms with van der Waals surface area (Å²) in [7, 11) is 1.91. The Morgan fingerprint density at radius 1 is 1.50 bits per heavy atom. The van der Waals surface area contributed by atoms with Gasteiger partial charge in [0.25, 0.3) is 0 Å². The van der Waals surface area contributed by atoms with Gasteiger partial charge in [-0.15, -0.1) is 0 Å². The van der Waals surface area contributed by atoms with Crippen LogP contribution in [0.2, 0.25) is 0 Å². The van der Waals surface area contributed by atoms with Gasteiger partial charge in [-0.25, -0.2) is 0 Å². The lowest BCUT2D eigenvalue weighted by Gasteiger charge is -2.01. The zero-order valence-corrected chi connectivity index (χ0v) is 7.84. The second-order valence-corrected chi connectivity index (χ2v) is 2.90. The minimum absolute atomic E-state index is 0.599. The molecule has 6 nitrogen and oxygen atoms in total. The molecule has 2 heterocycles. The number of hydrogen-bond acceptors (Lipinski definition) is 5. The Morgan fingerprint density at radius 2 is 2.43 bits per heavy atom. The Balaban J connectivity index is 1.81. The molecule has 14 heavy (non-hydrogen) atoms. The van der Waals surface area contributed by atoms with Gasteiger partial charge in [0.1, 0.15) is 0 Å². The second-order valence-electron chi connectivity index (χ2n) is 2.90. The average molecular weight is 193 g/mol. The Hall–Kier alpha value is -1.69. The SMILES string of the molecule is Cn1nccc1CNCc1ncon1. The van der Waals surface area contributed by atoms with Crippen molar-refractivity contribution in [1.29, 1.82) is 0 Å². The van der Waals surface area contributed by atoms with Crippen LogP contribution in [-0.2, 0) is 20.1 Å². The van der Waals surface area contributed by atoms with E-state index >= 15 is 0 Å². The predicted octanol–water partition coefficient (Wildman–Crippen LogP) is 0.0929. The highest BCUT2D eigenvalue weighted by molar-refractivity contribution is 4.99. The summed E-state index contributed by atoms with van der Waals surface area (Å²) < 4.78 is 6.43. The van der Waals surface area contributed by atoms with Gasteiger partial charge in [-0.3, -0.25) is 4.68 Å². The molecule has 2 aromatic rings. The summed E-state index contributed by atoms with van der Waals surface area (Å²) in [5.74, 6) is 0.659. The van der Waals surface area contributed by atoms with Crippen molar-refractivity contribution in [3.63, 3.8) is 0 Å². The van der Waals surface area contributed by atoms with Crippen molar-refractivity contribution in [3.8, 4) is 0 Å². The van der Waals surface area contributed by atoms with E-state index in [1.54, 1.807) is 6.20 Å². The third kappa shape index (κ3) is 1.97. The van der Waals surface area contributed by atoms with Crippen LogP contribution < -0.4 is 5.32 Å². The molecule has 0 aliphatic carbocycles. The number of aromatic nitrogens is 4. The lowest BCUT2D eigenvalue weighted by molar-refractivity contribution is 0.407. The van der Waals surface area contributed by atoms with Crippen LogP contribution in [0.1, 0.15) is 11.5 Å². The molecule has 0 aliphatic heterocycles. The topological polar surface area (TPSA) is 68.8 Å². The molecule has 0 aromatic carbocycles. The lowest BCUT2D eigenvalue weighted by atomic mass is 10.4. The molecular weight excluding hydrogens is 182 g/mol. The summed E-state index contributed by atoms with van der Waals surface area (Å²) in [5, 5.41) is 10.9. The van der Waals surface area contributed by atoms with Crippen LogP contribution in [0.3, 0.4) is 0 Å². The van der Waals surface area contributed by atoms with Crippen LogP contribution in [0.25, 0.3) is 0 Å². The first-order chi connectivity index (χ1) is 6.86. The molecule has 1 N–H and O–H groups in total. The molecular formula is C8H11N5O. The minimum atomic E-state index is 0.599. The molecule has 0 atom stereocenters. The van der Waals surface area contributed by atoms with Gasteiger partial charge in [0.15, 0.2) is 5.82 Å². The van der Waals surface area contributed by atoms with E-state index in [9.17, 15) is 0 Å². The number of nitrogens with one attached hydrogen (secondary N) is 1. The highest BCUT2D eigenvalue weighted by atomic mass is 16.5. The molecule has 0 aliphatic rings. The van der Waals surface area contributed by atoms with Crippen LogP contribution in [0, 0.1) is 0 Å². The number of aryl methyl sites for hydroxylation is 1. The first kappa shape index (κ1) is 8.89. The summed E-state index contributed by atoms with van der Waals surface area (Å²) in [5.41, 5.74) is 1.12. The van der Waals surface area contributed by atoms with E-state index in [-0.39, 0.29) is 0 Å². The van der Waals surface area contributed by atoms with Crippen LogP contribution >= 0.6 is 0 Å². The van der Waals surface area contributed by atoms with Gasteiger partial charge in [-0.2, -0.15) is 10.1 Å². The van der Waals surface area contributed by atoms with Crippen molar-refractivity contribution >= 4 is 0 Å². The normalized spacial score (nSPS) is 10.6. The monoisotopic (exact) mass is 193 g/mol. The predicted molar refractivity (Wildman–Crippen MR) is 48.0 cm³/mol. The van der Waals surface area contributed by atoms with Gasteiger partial charge in [0.05, 0.1) is 12.2 Å². The highest BCUT2D eigenvalue weighted by Crippen LogP contribution is 1.95. The Kier molecular flexibility index (Phi) is 2.55. The van der Waals surface area contributed by atoms with Crippen LogP contribution in [0.4, 0.5) is 0 Å². The van der Waals surface area contributed by atoms with Crippen LogP contribution in [-0.4, -0.2) is 19.9 Å². The number of nitrogens with zero attached hydrogens (tertiary/aromatic N) is 4. The standard InChI is InChI=1S/C8H11N5O/c1-13-7(2-3-11-13)4-9-5-8-10-6-14-12-8/h2-3,6,9H,4-5H2,1H3. The lowest BCUT2D eigenvalue weighted by Crippen LogP contribution is -2.15. The smallest absolute Gasteiger partial charge is 0.213 e. The van der Waals surface area contributed by atoms with Gasteiger partial charge in [-0.05, 0) is 6.07 Å². The maximum atomic E-state index is 4.61. The summed E-state index contributed by atoms with van der Waals surface area (Å²) in [6.45, 7) is 1.34. The Morgan fingerprint density at radius 3 is 3.07 bits per heavy atom. The molecule has 0 saturated carbocycles. The molecule has 74 valence electrons. The fourth-order valence-electron chi connectivity index (χ4n) is 1.15. The van der Waals surface area contributed by atoms with Gasteiger partial charge in [-0.1, -0.05) is 5.16 Å². The van der Waals surface area contributed by atoms with E-state index in [0.29, 0.717) is 12.4 Å². The Bertz CT molecular complexity index is 380. The zero-order valence-electron chi connectivity index (χ0n) is 7.84. The van der Waals surface area contributed by atoms with E-state index in [1.165, 1.54) is 6.39 Å². The largest absolute Gasteiger partial charge is 0.343 e. The van der Waals surface area contributed by atoms with Crippen molar-refractivity contribution in [2.24, 2.45) is 7.05 Å². The molecule has 0 amide bonds. The van der Waals surface area contributed by atoms with Crippen molar-refractivity contribution in [1.82, 2.24) is 25.2 Å². The van der Waals surface area contributed by atoms with Crippen molar-refractivity contribution in [2.45, 2.75) is 13.1 Å². The van der Waals surface area contributed by atoms with Gasteiger partial charge in [0, 0.05) is 19.8 Å². The fourth-order valence-corrected chi connectivity index (χ4v) is 1.15. The van der Waals surface area contributed by atoms with Gasteiger partial charge >= 0.3 is 0 Å². The van der Waals surface area contributed by atoms with Gasteiger partial charge < -0.3 is 9.84 Å². The summed E-state index contributed by atoms with van der Waals surface area (Å²) in [6.07, 6.45) is 3.09. The van der Waals surface area contributed by atoms with E-state index in [4.69, 9.17) is 0 Å². The number of hydrogen-bond donors (Lipinski definition) is 1. The summed E-state index contributed by atoms with van der Waals surface area (Å²) in [4.78, 5) is 3.89. The van der Waals surface area contributed by atoms with E-state index in [2.05, 4.69) is 25.1 Å². The van der Waals surface area contributed by atoms with Crippen molar-refractivity contribution in [2.75, 3.05) is 0 Å². The van der Waals surface area contributed by atoms with E-state index in [0.717, 1.165) is 12.2 Å². The maximum Gasteiger partial charge on any atom is 0.213 e. The third-order valence-corrected chi connectivity index (χ3v) is 1.92. The summed E-state index contributed by atoms with van der Waals surface area (Å²) >= 11 is 0. The minimum Gasteiger partial charge on any atom is -0.343 e. The first-order valence-electron chi connectivity index (χ1n) is 4.29. The summed E-state index contributed by atoms with van der Waals surface area (Å²) in [6, 6.07) is 1.96. The first-order valence-corrected chi connectivity index (χ1v) is 4.29. The average Bonchev–Trinajstić information content (AvgIpc) is 2.78. The van der Waals surface area contributed by atoms with Gasteiger partial charge in [0.2, 0.25) is 6.39 Å². The van der Waals surface area contributed by atoms with Crippen LogP contribution in [0.5, 0.6) is 0 Å². The molecule has 6 heteroatoms. The Labute approximate surface area is 80.9 Å². The molecule has 0 radical (unpaired) electrons. The molecule has 0 bridgehead atoms. The molecule has 0 saturated heterocycles. The highest BCUT2D eigenvalue weighted by Gasteiger charge is 2.00. The fraction of sp³-hybridized carbons (Fsp3) is 0.375. The molecule has 0 fully saturated rings. The molecule has 0 unspecified atom stereocenters. The van der Waals surface area contributed by atoms with E-state index < -0.39 is 0 Å². The van der Waals surface area contributed by atoms with Crippen LogP contribution in [0.15, 0.2) is 23.2 Å². The van der Waals surface area contributed by atoms with Crippen molar-refractivity contribution in [3.05, 3.63) is 30.2 Å². The number of rotatable bonds is 4. The third-order valence-electron chi connectivity index (χ3n) is 1.92. The molecule has 0 spiro atoms.